The van der Waals surface area contributed by atoms with Crippen LogP contribution in [0, 0.1) is 0 Å². The van der Waals surface area contributed by atoms with E-state index in [1.807, 2.05) is 18.2 Å². The van der Waals surface area contributed by atoms with Gasteiger partial charge < -0.3 is 0 Å². The van der Waals surface area contributed by atoms with Gasteiger partial charge in [0.05, 0.1) is 0 Å². The minimum atomic E-state index is -2.00. The Kier molecular flexibility index (Phi) is 6.20. The smallest absolute Gasteiger partial charge is 0.250 e. The average Bonchev–Trinajstić information content (AvgIpc) is 2.90. The molecule has 174 valence electrons. The summed E-state index contributed by atoms with van der Waals surface area (Å²) in [4.78, 5) is 0. The van der Waals surface area contributed by atoms with Gasteiger partial charge in [-0.1, -0.05) is 103 Å². The molecule has 0 amide bonds. The van der Waals surface area contributed by atoms with E-state index in [-0.39, 0.29) is 0 Å². The van der Waals surface area contributed by atoms with Crippen LogP contribution >= 0.6 is 7.65 Å². The SMILES string of the molecule is O=[p+]1oc2cc(Cc3ccccc3)ccc2c2cc(Cc3ccccc3)cc(Cc3ccccc3)c21. The molecule has 5 aromatic carbocycles. The maximum Gasteiger partial charge on any atom is 0.598 e. The highest BCUT2D eigenvalue weighted by Gasteiger charge is 2.22. The van der Waals surface area contributed by atoms with Crippen molar-refractivity contribution in [3.8, 4) is 0 Å². The molecule has 1 heterocycles. The summed E-state index contributed by atoms with van der Waals surface area (Å²) < 4.78 is 19.6. The molecule has 0 fully saturated rings. The Morgan fingerprint density at radius 2 is 1.06 bits per heavy atom. The molecular formula is C33H26O2P+. The first kappa shape index (κ1) is 22.5. The Bertz CT molecular complexity index is 1710. The largest absolute Gasteiger partial charge is 0.598 e. The molecule has 36 heavy (non-hydrogen) atoms. The maximum absolute atomic E-state index is 13.5. The molecule has 6 aromatic rings. The third-order valence-corrected chi connectivity index (χ3v) is 7.94. The van der Waals surface area contributed by atoms with Crippen molar-refractivity contribution in [2.24, 2.45) is 0 Å². The summed E-state index contributed by atoms with van der Waals surface area (Å²) in [7, 11) is -2.00. The molecular weight excluding hydrogens is 459 g/mol. The zero-order chi connectivity index (χ0) is 24.3. The molecule has 0 bridgehead atoms. The average molecular weight is 486 g/mol. The van der Waals surface area contributed by atoms with Crippen LogP contribution < -0.4 is 0 Å². The number of hydrogen-bond acceptors (Lipinski definition) is 2. The van der Waals surface area contributed by atoms with Crippen LogP contribution in [0.25, 0.3) is 21.5 Å². The van der Waals surface area contributed by atoms with Crippen molar-refractivity contribution >= 4 is 29.1 Å². The van der Waals surface area contributed by atoms with Gasteiger partial charge in [0.2, 0.25) is 5.12 Å². The molecule has 0 aliphatic rings. The van der Waals surface area contributed by atoms with E-state index in [4.69, 9.17) is 4.20 Å². The standard InChI is InChI=1S/C33H26O2P/c34-36-33-29(20-26-14-8-3-9-15-26)21-28(19-25-12-6-2-7-13-25)22-31(33)30-17-16-27(23-32(30)35-36)18-24-10-4-1-5-11-24/h1-17,21-23H,18-20H2/q+1. The fourth-order valence-corrected chi connectivity index (χ4v) is 6.19. The molecule has 0 aliphatic carbocycles. The predicted octanol–water partition coefficient (Wildman–Crippen LogP) is 9.10. The third kappa shape index (κ3) is 4.73. The third-order valence-electron chi connectivity index (χ3n) is 6.69. The van der Waals surface area contributed by atoms with Crippen LogP contribution in [0.15, 0.2) is 126 Å². The molecule has 6 rings (SSSR count). The summed E-state index contributed by atoms with van der Waals surface area (Å²) >= 11 is 0. The predicted molar refractivity (Wildman–Crippen MR) is 149 cm³/mol. The van der Waals surface area contributed by atoms with Crippen LogP contribution in [0.3, 0.4) is 0 Å². The van der Waals surface area contributed by atoms with Gasteiger partial charge in [0.15, 0.2) is 5.58 Å². The van der Waals surface area contributed by atoms with Crippen molar-refractivity contribution in [3.05, 3.63) is 155 Å². The first-order chi connectivity index (χ1) is 17.7. The molecule has 0 radical (unpaired) electrons. The summed E-state index contributed by atoms with van der Waals surface area (Å²) in [5.74, 6) is 0. The number of fused-ring (bicyclic) bond motifs is 3. The Labute approximate surface area is 211 Å². The second-order valence-corrected chi connectivity index (χ2v) is 10.5. The van der Waals surface area contributed by atoms with Gasteiger partial charge in [-0.15, -0.1) is 0 Å². The molecule has 1 atom stereocenters. The quantitative estimate of drug-likeness (QED) is 0.220. The molecule has 0 saturated carbocycles. The molecule has 0 aliphatic heterocycles. The Morgan fingerprint density at radius 3 is 1.67 bits per heavy atom. The molecule has 0 spiro atoms. The highest BCUT2D eigenvalue weighted by molar-refractivity contribution is 7.37. The molecule has 1 aromatic heterocycles. The van der Waals surface area contributed by atoms with Crippen LogP contribution in [0.1, 0.15) is 33.4 Å². The summed E-state index contributed by atoms with van der Waals surface area (Å²) in [5, 5.41) is 2.87. The zero-order valence-corrected chi connectivity index (χ0v) is 20.8. The van der Waals surface area contributed by atoms with Crippen molar-refractivity contribution in [2.75, 3.05) is 0 Å². The van der Waals surface area contributed by atoms with Gasteiger partial charge in [0, 0.05) is 22.8 Å². The Hall–Kier alpha value is -4.00. The van der Waals surface area contributed by atoms with Gasteiger partial charge in [-0.2, -0.15) is 0 Å². The Morgan fingerprint density at radius 1 is 0.500 bits per heavy atom. The zero-order valence-electron chi connectivity index (χ0n) is 19.9. The van der Waals surface area contributed by atoms with Crippen LogP contribution in [0.2, 0.25) is 0 Å². The minimum Gasteiger partial charge on any atom is -0.250 e. The van der Waals surface area contributed by atoms with Gasteiger partial charge in [0.1, 0.15) is 0 Å². The first-order valence-corrected chi connectivity index (χ1v) is 13.5. The van der Waals surface area contributed by atoms with Gasteiger partial charge >= 0.3 is 7.65 Å². The van der Waals surface area contributed by atoms with E-state index in [1.54, 1.807) is 0 Å². The van der Waals surface area contributed by atoms with Gasteiger partial charge in [-0.25, -0.2) is 4.20 Å². The molecule has 1 unspecified atom stereocenters. The van der Waals surface area contributed by atoms with Crippen molar-refractivity contribution in [3.63, 3.8) is 0 Å². The number of rotatable bonds is 6. The lowest BCUT2D eigenvalue weighted by Gasteiger charge is -2.09. The fraction of sp³-hybridized carbons (Fsp3) is 0.0909. The van der Waals surface area contributed by atoms with Crippen molar-refractivity contribution < 1.29 is 8.76 Å². The van der Waals surface area contributed by atoms with E-state index >= 15 is 0 Å². The summed E-state index contributed by atoms with van der Waals surface area (Å²) in [6, 6.07) is 42.0. The lowest BCUT2D eigenvalue weighted by molar-refractivity contribution is 0.563. The minimum absolute atomic E-state index is 0.708. The Balaban J connectivity index is 1.51. The van der Waals surface area contributed by atoms with Crippen LogP contribution in [0.5, 0.6) is 0 Å². The normalized spacial score (nSPS) is 11.7. The fourth-order valence-electron chi connectivity index (χ4n) is 5.01. The van der Waals surface area contributed by atoms with Gasteiger partial charge in [0.25, 0.3) is 0 Å². The van der Waals surface area contributed by atoms with Gasteiger partial charge in [-0.05, 0) is 63.4 Å². The maximum atomic E-state index is 13.5. The van der Waals surface area contributed by atoms with E-state index in [0.717, 1.165) is 46.3 Å². The highest BCUT2D eigenvalue weighted by Crippen LogP contribution is 2.40. The summed E-state index contributed by atoms with van der Waals surface area (Å²) in [5.41, 5.74) is 7.85. The van der Waals surface area contributed by atoms with E-state index in [9.17, 15) is 4.57 Å². The summed E-state index contributed by atoms with van der Waals surface area (Å²) in [6.45, 7) is 0. The lowest BCUT2D eigenvalue weighted by Crippen LogP contribution is -1.95. The van der Waals surface area contributed by atoms with E-state index in [1.165, 1.54) is 22.3 Å². The summed E-state index contributed by atoms with van der Waals surface area (Å²) in [6.07, 6.45) is 2.36. The van der Waals surface area contributed by atoms with E-state index < -0.39 is 7.65 Å². The second kappa shape index (κ2) is 9.93. The second-order valence-electron chi connectivity index (χ2n) is 9.32. The number of hydrogen-bond donors (Lipinski definition) is 0. The molecule has 0 N–H and O–H groups in total. The van der Waals surface area contributed by atoms with Crippen LogP contribution in [-0.4, -0.2) is 0 Å². The van der Waals surface area contributed by atoms with Crippen molar-refractivity contribution in [1.82, 2.24) is 0 Å². The highest BCUT2D eigenvalue weighted by atomic mass is 31.1. The molecule has 0 saturated heterocycles. The van der Waals surface area contributed by atoms with Crippen molar-refractivity contribution in [2.45, 2.75) is 19.3 Å². The molecule has 3 heteroatoms. The molecule has 2 nitrogen and oxygen atoms in total. The monoisotopic (exact) mass is 485 g/mol. The topological polar surface area (TPSA) is 30.2 Å². The lowest BCUT2D eigenvalue weighted by atomic mass is 9.95. The van der Waals surface area contributed by atoms with E-state index in [2.05, 4.69) is 103 Å². The number of benzene rings is 5. The first-order valence-electron chi connectivity index (χ1n) is 12.3. The van der Waals surface area contributed by atoms with Crippen molar-refractivity contribution in [1.29, 1.82) is 0 Å². The van der Waals surface area contributed by atoms with Crippen LogP contribution in [-0.2, 0) is 23.8 Å². The van der Waals surface area contributed by atoms with Gasteiger partial charge in [-0.3, -0.25) is 0 Å². The van der Waals surface area contributed by atoms with E-state index in [0.29, 0.717) is 5.58 Å². The van der Waals surface area contributed by atoms with Crippen LogP contribution in [0.4, 0.5) is 0 Å².